The molecule has 1 aromatic carbocycles. The third-order valence-corrected chi connectivity index (χ3v) is 4.79. The summed E-state index contributed by atoms with van der Waals surface area (Å²) >= 11 is 5.17. The van der Waals surface area contributed by atoms with Gasteiger partial charge in [-0.05, 0) is 52.0 Å². The fourth-order valence-corrected chi connectivity index (χ4v) is 3.20. The molecule has 1 unspecified atom stereocenters. The van der Waals surface area contributed by atoms with Crippen LogP contribution in [0.4, 0.5) is 8.78 Å². The maximum absolute atomic E-state index is 12.1. The number of ether oxygens (including phenoxy) is 1. The summed E-state index contributed by atoms with van der Waals surface area (Å²) in [5.41, 5.74) is 1.03. The molecule has 20 heavy (non-hydrogen) atoms. The van der Waals surface area contributed by atoms with Crippen molar-refractivity contribution in [2.24, 2.45) is 0 Å². The smallest absolute Gasteiger partial charge is 0.387 e. The van der Waals surface area contributed by atoms with Crippen molar-refractivity contribution in [2.45, 2.75) is 26.1 Å². The molecule has 1 aromatic heterocycles. The molecule has 0 amide bonds. The lowest BCUT2D eigenvalue weighted by Crippen LogP contribution is -2.17. The normalized spacial score (nSPS) is 12.7. The highest BCUT2D eigenvalue weighted by Gasteiger charge is 2.09. The maximum Gasteiger partial charge on any atom is 0.387 e. The lowest BCUT2D eigenvalue weighted by molar-refractivity contribution is -0.0498. The molecule has 2 nitrogen and oxygen atoms in total. The Balaban J connectivity index is 1.92. The molecule has 0 bridgehead atoms. The van der Waals surface area contributed by atoms with Crippen LogP contribution in [0.3, 0.4) is 0 Å². The first kappa shape index (κ1) is 15.4. The van der Waals surface area contributed by atoms with E-state index in [4.69, 9.17) is 0 Å². The second-order valence-corrected chi connectivity index (χ2v) is 6.10. The van der Waals surface area contributed by atoms with Gasteiger partial charge in [0.05, 0.1) is 0 Å². The Labute approximate surface area is 128 Å². The first-order valence-electron chi connectivity index (χ1n) is 6.06. The molecular formula is C14H14BrF2NOS. The SMILES string of the molecule is CC(NCc1sccc1Br)c1ccc(OC(F)F)cc1. The van der Waals surface area contributed by atoms with E-state index in [-0.39, 0.29) is 11.8 Å². The van der Waals surface area contributed by atoms with Gasteiger partial charge in [0.1, 0.15) is 5.75 Å². The first-order valence-corrected chi connectivity index (χ1v) is 7.73. The van der Waals surface area contributed by atoms with Crippen LogP contribution in [0, 0.1) is 0 Å². The van der Waals surface area contributed by atoms with Crippen molar-refractivity contribution >= 4 is 27.3 Å². The predicted octanol–water partition coefficient (Wildman–Crippen LogP) is 4.96. The van der Waals surface area contributed by atoms with E-state index in [0.29, 0.717) is 0 Å². The number of rotatable bonds is 6. The Bertz CT molecular complexity index is 544. The number of benzene rings is 1. The highest BCUT2D eigenvalue weighted by molar-refractivity contribution is 9.10. The van der Waals surface area contributed by atoms with Gasteiger partial charge in [-0.3, -0.25) is 0 Å². The topological polar surface area (TPSA) is 21.3 Å². The van der Waals surface area contributed by atoms with Crippen LogP contribution in [-0.2, 0) is 6.54 Å². The Hall–Kier alpha value is -0.980. The highest BCUT2D eigenvalue weighted by Crippen LogP contribution is 2.24. The van der Waals surface area contributed by atoms with Crippen molar-refractivity contribution in [1.29, 1.82) is 0 Å². The van der Waals surface area contributed by atoms with E-state index in [0.717, 1.165) is 16.6 Å². The molecule has 6 heteroatoms. The van der Waals surface area contributed by atoms with Gasteiger partial charge in [0, 0.05) is 21.9 Å². The minimum absolute atomic E-state index is 0.129. The second kappa shape index (κ2) is 7.15. The second-order valence-electron chi connectivity index (χ2n) is 4.24. The van der Waals surface area contributed by atoms with Crippen LogP contribution in [0.2, 0.25) is 0 Å². The zero-order chi connectivity index (χ0) is 14.5. The summed E-state index contributed by atoms with van der Waals surface area (Å²) in [6, 6.07) is 8.84. The fourth-order valence-electron chi connectivity index (χ4n) is 1.75. The van der Waals surface area contributed by atoms with Gasteiger partial charge >= 0.3 is 6.61 Å². The summed E-state index contributed by atoms with van der Waals surface area (Å²) in [6.07, 6.45) is 0. The van der Waals surface area contributed by atoms with Gasteiger partial charge in [0.25, 0.3) is 0 Å². The van der Waals surface area contributed by atoms with Crippen molar-refractivity contribution in [3.8, 4) is 5.75 Å². The van der Waals surface area contributed by atoms with Crippen LogP contribution in [0.5, 0.6) is 5.75 Å². The van der Waals surface area contributed by atoms with Gasteiger partial charge in [-0.2, -0.15) is 8.78 Å². The molecule has 0 saturated carbocycles. The van der Waals surface area contributed by atoms with Crippen LogP contribution in [0.1, 0.15) is 23.4 Å². The van der Waals surface area contributed by atoms with Crippen LogP contribution in [-0.4, -0.2) is 6.61 Å². The van der Waals surface area contributed by atoms with E-state index in [1.165, 1.54) is 4.88 Å². The number of alkyl halides is 2. The van der Waals surface area contributed by atoms with E-state index in [2.05, 4.69) is 26.0 Å². The molecule has 0 spiro atoms. The Morgan fingerprint density at radius 2 is 1.95 bits per heavy atom. The molecule has 1 atom stereocenters. The van der Waals surface area contributed by atoms with Gasteiger partial charge in [-0.1, -0.05) is 12.1 Å². The van der Waals surface area contributed by atoms with E-state index in [1.807, 2.05) is 18.4 Å². The third-order valence-electron chi connectivity index (χ3n) is 2.87. The van der Waals surface area contributed by atoms with E-state index < -0.39 is 6.61 Å². The molecule has 1 heterocycles. The summed E-state index contributed by atoms with van der Waals surface area (Å²) in [7, 11) is 0. The van der Waals surface area contributed by atoms with Crippen LogP contribution in [0.25, 0.3) is 0 Å². The lowest BCUT2D eigenvalue weighted by Gasteiger charge is -2.14. The first-order chi connectivity index (χ1) is 9.56. The summed E-state index contributed by atoms with van der Waals surface area (Å²) in [5.74, 6) is 0.178. The van der Waals surface area contributed by atoms with Crippen molar-refractivity contribution in [3.05, 3.63) is 50.6 Å². The molecule has 0 saturated heterocycles. The summed E-state index contributed by atoms with van der Waals surface area (Å²) in [4.78, 5) is 1.23. The Morgan fingerprint density at radius 3 is 2.50 bits per heavy atom. The molecule has 2 rings (SSSR count). The quantitative estimate of drug-likeness (QED) is 0.784. The Kier molecular flexibility index (Phi) is 5.51. The van der Waals surface area contributed by atoms with Crippen LogP contribution >= 0.6 is 27.3 Å². The number of hydrogen-bond acceptors (Lipinski definition) is 3. The monoisotopic (exact) mass is 361 g/mol. The number of hydrogen-bond donors (Lipinski definition) is 1. The molecule has 0 radical (unpaired) electrons. The molecule has 108 valence electrons. The largest absolute Gasteiger partial charge is 0.435 e. The van der Waals surface area contributed by atoms with Gasteiger partial charge in [-0.15, -0.1) is 11.3 Å². The summed E-state index contributed by atoms with van der Waals surface area (Å²) in [5, 5.41) is 5.42. The maximum atomic E-state index is 12.1. The van der Waals surface area contributed by atoms with E-state index in [1.54, 1.807) is 35.6 Å². The van der Waals surface area contributed by atoms with Crippen molar-refractivity contribution < 1.29 is 13.5 Å². The molecule has 0 aliphatic carbocycles. The van der Waals surface area contributed by atoms with Crippen molar-refractivity contribution in [2.75, 3.05) is 0 Å². The summed E-state index contributed by atoms with van der Waals surface area (Å²) < 4.78 is 29.5. The van der Waals surface area contributed by atoms with E-state index in [9.17, 15) is 8.78 Å². The molecule has 0 aliphatic heterocycles. The van der Waals surface area contributed by atoms with Crippen molar-refractivity contribution in [1.82, 2.24) is 5.32 Å². The number of nitrogens with one attached hydrogen (secondary N) is 1. The van der Waals surface area contributed by atoms with Crippen LogP contribution in [0.15, 0.2) is 40.2 Å². The minimum Gasteiger partial charge on any atom is -0.435 e. The van der Waals surface area contributed by atoms with Gasteiger partial charge in [-0.25, -0.2) is 0 Å². The highest BCUT2D eigenvalue weighted by atomic mass is 79.9. The zero-order valence-electron chi connectivity index (χ0n) is 10.8. The molecular weight excluding hydrogens is 348 g/mol. The molecule has 0 fully saturated rings. The summed E-state index contributed by atoms with van der Waals surface area (Å²) in [6.45, 7) is 0.00621. The number of halogens is 3. The van der Waals surface area contributed by atoms with E-state index >= 15 is 0 Å². The fraction of sp³-hybridized carbons (Fsp3) is 0.286. The van der Waals surface area contributed by atoms with Gasteiger partial charge in [0.2, 0.25) is 0 Å². The molecule has 1 N–H and O–H groups in total. The van der Waals surface area contributed by atoms with Crippen LogP contribution < -0.4 is 10.1 Å². The predicted molar refractivity (Wildman–Crippen MR) is 80.3 cm³/mol. The average molecular weight is 362 g/mol. The minimum atomic E-state index is -2.78. The van der Waals surface area contributed by atoms with Crippen molar-refractivity contribution in [3.63, 3.8) is 0 Å². The average Bonchev–Trinajstić information content (AvgIpc) is 2.82. The molecule has 2 aromatic rings. The number of thiophene rings is 1. The Morgan fingerprint density at radius 1 is 1.25 bits per heavy atom. The third kappa shape index (κ3) is 4.26. The zero-order valence-corrected chi connectivity index (χ0v) is 13.2. The van der Waals surface area contributed by atoms with Gasteiger partial charge < -0.3 is 10.1 Å². The van der Waals surface area contributed by atoms with Gasteiger partial charge in [0.15, 0.2) is 0 Å². The molecule has 0 aliphatic rings. The lowest BCUT2D eigenvalue weighted by atomic mass is 10.1. The standard InChI is InChI=1S/C14H14BrF2NOS/c1-9(18-8-13-12(15)6-7-20-13)10-2-4-11(5-3-10)19-14(16)17/h2-7,9,14,18H,8H2,1H3.